The van der Waals surface area contributed by atoms with Gasteiger partial charge in [-0.1, -0.05) is 59.7 Å². The summed E-state index contributed by atoms with van der Waals surface area (Å²) in [5.41, 5.74) is 3.67. The maximum absolute atomic E-state index is 12.0. The van der Waals surface area contributed by atoms with Crippen molar-refractivity contribution < 1.29 is 19.8 Å². The van der Waals surface area contributed by atoms with Crippen LogP contribution in [0.3, 0.4) is 0 Å². The van der Waals surface area contributed by atoms with E-state index in [2.05, 4.69) is 0 Å². The Morgan fingerprint density at radius 2 is 1.24 bits per heavy atom. The van der Waals surface area contributed by atoms with Crippen LogP contribution in [0.2, 0.25) is 0 Å². The molecule has 0 bridgehead atoms. The first kappa shape index (κ1) is 16.9. The van der Waals surface area contributed by atoms with E-state index < -0.39 is 11.9 Å². The molecule has 4 nitrogen and oxygen atoms in total. The molecule has 0 amide bonds. The SMILES string of the molecule is Cc1ccc(-c2sc(C(=O)O)c(-c3ccc(C)cc3)c2C(=O)O)cc1. The lowest BCUT2D eigenvalue weighted by molar-refractivity contribution is 0.0696. The van der Waals surface area contributed by atoms with Gasteiger partial charge in [-0.15, -0.1) is 11.3 Å². The Hall–Kier alpha value is -2.92. The molecule has 1 heterocycles. The summed E-state index contributed by atoms with van der Waals surface area (Å²) < 4.78 is 0. The van der Waals surface area contributed by atoms with Gasteiger partial charge >= 0.3 is 11.9 Å². The molecule has 0 atom stereocenters. The second-order valence-corrected chi connectivity index (χ2v) is 6.87. The smallest absolute Gasteiger partial charge is 0.346 e. The second-order valence-electron chi connectivity index (χ2n) is 5.85. The number of aryl methyl sites for hydroxylation is 2. The number of carboxylic acid groups (broad SMARTS) is 2. The monoisotopic (exact) mass is 352 g/mol. The summed E-state index contributed by atoms with van der Waals surface area (Å²) in [5.74, 6) is -2.25. The van der Waals surface area contributed by atoms with E-state index in [0.717, 1.165) is 22.5 Å². The lowest BCUT2D eigenvalue weighted by atomic mass is 9.97. The third kappa shape index (κ3) is 3.19. The highest BCUT2D eigenvalue weighted by atomic mass is 32.1. The van der Waals surface area contributed by atoms with Crippen molar-refractivity contribution in [3.05, 3.63) is 70.1 Å². The van der Waals surface area contributed by atoms with Crippen molar-refractivity contribution in [2.24, 2.45) is 0 Å². The fraction of sp³-hybridized carbons (Fsp3) is 0.100. The molecular weight excluding hydrogens is 336 g/mol. The molecule has 1 aromatic heterocycles. The van der Waals surface area contributed by atoms with Crippen LogP contribution in [-0.4, -0.2) is 22.2 Å². The molecule has 0 aliphatic carbocycles. The Kier molecular flexibility index (Phi) is 4.42. The van der Waals surface area contributed by atoms with E-state index in [1.165, 1.54) is 0 Å². The number of carboxylic acids is 2. The van der Waals surface area contributed by atoms with Gasteiger partial charge in [-0.05, 0) is 25.0 Å². The maximum atomic E-state index is 12.0. The van der Waals surface area contributed by atoms with Gasteiger partial charge in [0.25, 0.3) is 0 Å². The van der Waals surface area contributed by atoms with Crippen molar-refractivity contribution in [1.82, 2.24) is 0 Å². The number of hydrogen-bond acceptors (Lipinski definition) is 3. The number of carbonyl (C=O) groups is 2. The van der Waals surface area contributed by atoms with Crippen molar-refractivity contribution in [2.75, 3.05) is 0 Å². The van der Waals surface area contributed by atoms with Gasteiger partial charge in [-0.2, -0.15) is 0 Å². The standard InChI is InChI=1S/C20H16O4S/c1-11-3-7-13(8-4-11)15-16(19(21)22)17(25-18(15)20(23)24)14-9-5-12(2)6-10-14/h3-10H,1-2H3,(H,21,22)(H,23,24). The molecule has 2 aromatic carbocycles. The van der Waals surface area contributed by atoms with Crippen LogP contribution in [0.5, 0.6) is 0 Å². The third-order valence-corrected chi connectivity index (χ3v) is 5.20. The van der Waals surface area contributed by atoms with E-state index in [1.807, 2.05) is 50.2 Å². The Morgan fingerprint density at radius 3 is 1.68 bits per heavy atom. The van der Waals surface area contributed by atoms with Crippen LogP contribution < -0.4 is 0 Å². The molecule has 0 saturated carbocycles. The quantitative estimate of drug-likeness (QED) is 0.685. The van der Waals surface area contributed by atoms with Gasteiger partial charge in [-0.25, -0.2) is 9.59 Å². The molecule has 0 aliphatic heterocycles. The summed E-state index contributed by atoms with van der Waals surface area (Å²) in [6, 6.07) is 14.6. The Bertz CT molecular complexity index is 951. The molecule has 0 aliphatic rings. The van der Waals surface area contributed by atoms with E-state index in [0.29, 0.717) is 16.0 Å². The fourth-order valence-electron chi connectivity index (χ4n) is 2.69. The zero-order valence-corrected chi connectivity index (χ0v) is 14.6. The maximum Gasteiger partial charge on any atom is 0.346 e. The van der Waals surface area contributed by atoms with Crippen molar-refractivity contribution in [2.45, 2.75) is 13.8 Å². The third-order valence-electron chi connectivity index (χ3n) is 3.97. The summed E-state index contributed by atoms with van der Waals surface area (Å²) in [6.07, 6.45) is 0. The van der Waals surface area contributed by atoms with Gasteiger partial charge in [0.1, 0.15) is 4.88 Å². The van der Waals surface area contributed by atoms with Crippen LogP contribution >= 0.6 is 11.3 Å². The van der Waals surface area contributed by atoms with Crippen LogP contribution in [0.15, 0.2) is 48.5 Å². The summed E-state index contributed by atoms with van der Waals surface area (Å²) in [6.45, 7) is 3.86. The van der Waals surface area contributed by atoms with Crippen molar-refractivity contribution >= 4 is 23.3 Å². The zero-order chi connectivity index (χ0) is 18.1. The van der Waals surface area contributed by atoms with Crippen molar-refractivity contribution in [3.8, 4) is 21.6 Å². The molecule has 0 spiro atoms. The minimum absolute atomic E-state index is 0.0371. The van der Waals surface area contributed by atoms with Gasteiger partial charge in [0.05, 0.1) is 10.4 Å². The molecule has 3 aromatic rings. The summed E-state index contributed by atoms with van der Waals surface area (Å²) >= 11 is 1.00. The lowest BCUT2D eigenvalue weighted by Gasteiger charge is -2.06. The average molecular weight is 352 g/mol. The van der Waals surface area contributed by atoms with Crippen LogP contribution in [0.1, 0.15) is 31.2 Å². The number of hydrogen-bond donors (Lipinski definition) is 2. The number of thiophene rings is 1. The molecular formula is C20H16O4S. The number of aromatic carboxylic acids is 2. The second kappa shape index (κ2) is 6.53. The average Bonchev–Trinajstić information content (AvgIpc) is 2.97. The van der Waals surface area contributed by atoms with E-state index >= 15 is 0 Å². The Labute approximate surface area is 149 Å². The van der Waals surface area contributed by atoms with Gasteiger partial charge in [0.15, 0.2) is 0 Å². The number of rotatable bonds is 4. The Balaban J connectivity index is 2.32. The van der Waals surface area contributed by atoms with E-state index in [4.69, 9.17) is 0 Å². The molecule has 0 fully saturated rings. The topological polar surface area (TPSA) is 74.6 Å². The first-order chi connectivity index (χ1) is 11.9. The van der Waals surface area contributed by atoms with E-state index in [-0.39, 0.29) is 16.0 Å². The molecule has 5 heteroatoms. The fourth-order valence-corrected chi connectivity index (χ4v) is 3.85. The highest BCUT2D eigenvalue weighted by Gasteiger charge is 2.28. The van der Waals surface area contributed by atoms with Gasteiger partial charge in [-0.3, -0.25) is 0 Å². The highest BCUT2D eigenvalue weighted by molar-refractivity contribution is 7.18. The first-order valence-corrected chi connectivity index (χ1v) is 8.47. The van der Waals surface area contributed by atoms with Crippen LogP contribution in [0.4, 0.5) is 0 Å². The van der Waals surface area contributed by atoms with Crippen molar-refractivity contribution in [1.29, 1.82) is 0 Å². The molecule has 0 radical (unpaired) electrons. The predicted octanol–water partition coefficient (Wildman–Crippen LogP) is 5.10. The summed E-state index contributed by atoms with van der Waals surface area (Å²) in [7, 11) is 0. The van der Waals surface area contributed by atoms with E-state index in [1.54, 1.807) is 12.1 Å². The predicted molar refractivity (Wildman–Crippen MR) is 98.6 cm³/mol. The normalized spacial score (nSPS) is 10.6. The summed E-state index contributed by atoms with van der Waals surface area (Å²) in [4.78, 5) is 24.2. The molecule has 0 unspecified atom stereocenters. The minimum Gasteiger partial charge on any atom is -0.478 e. The largest absolute Gasteiger partial charge is 0.478 e. The molecule has 126 valence electrons. The van der Waals surface area contributed by atoms with Gasteiger partial charge in [0.2, 0.25) is 0 Å². The lowest BCUT2D eigenvalue weighted by Crippen LogP contribution is -2.02. The number of benzene rings is 2. The molecule has 2 N–H and O–H groups in total. The zero-order valence-electron chi connectivity index (χ0n) is 13.7. The molecule has 25 heavy (non-hydrogen) atoms. The van der Waals surface area contributed by atoms with Gasteiger partial charge in [0, 0.05) is 5.56 Å². The van der Waals surface area contributed by atoms with Crippen LogP contribution in [0, 0.1) is 13.8 Å². The molecule has 0 saturated heterocycles. The van der Waals surface area contributed by atoms with E-state index in [9.17, 15) is 19.8 Å². The molecule has 3 rings (SSSR count). The Morgan fingerprint density at radius 1 is 0.760 bits per heavy atom. The van der Waals surface area contributed by atoms with Crippen molar-refractivity contribution in [3.63, 3.8) is 0 Å². The van der Waals surface area contributed by atoms with Crippen LogP contribution in [-0.2, 0) is 0 Å². The minimum atomic E-state index is -1.13. The first-order valence-electron chi connectivity index (χ1n) is 7.66. The van der Waals surface area contributed by atoms with Gasteiger partial charge < -0.3 is 10.2 Å². The summed E-state index contributed by atoms with van der Waals surface area (Å²) in [5, 5.41) is 19.4. The van der Waals surface area contributed by atoms with Crippen LogP contribution in [0.25, 0.3) is 21.6 Å². The highest BCUT2D eigenvalue weighted by Crippen LogP contribution is 2.42.